The Labute approximate surface area is 118 Å². The van der Waals surface area contributed by atoms with Crippen LogP contribution in [0.15, 0.2) is 24.5 Å². The van der Waals surface area contributed by atoms with Crippen molar-refractivity contribution >= 4 is 17.1 Å². The van der Waals surface area contributed by atoms with Crippen LogP contribution in [0, 0.1) is 17.1 Å². The molecule has 0 amide bonds. The first-order valence-electron chi connectivity index (χ1n) is 5.88. The Balaban J connectivity index is 2.36. The van der Waals surface area contributed by atoms with Crippen LogP contribution in [-0.2, 0) is 0 Å². The quantitative estimate of drug-likeness (QED) is 0.763. The summed E-state index contributed by atoms with van der Waals surface area (Å²) in [6.07, 6.45) is 1.30. The average Bonchev–Trinajstić information content (AvgIpc) is 2.83. The summed E-state index contributed by atoms with van der Waals surface area (Å²) in [4.78, 5) is 12.2. The minimum Gasteiger partial charge on any atom is -0.479 e. The van der Waals surface area contributed by atoms with Crippen LogP contribution in [0.1, 0.15) is 5.56 Å². The van der Waals surface area contributed by atoms with Gasteiger partial charge >= 0.3 is 0 Å². The molecule has 7 nitrogen and oxygen atoms in total. The van der Waals surface area contributed by atoms with E-state index in [4.69, 9.17) is 15.7 Å². The smallest absolute Gasteiger partial charge is 0.245 e. The molecular formula is C13H9FN6O. The maximum absolute atomic E-state index is 13.3. The van der Waals surface area contributed by atoms with Gasteiger partial charge in [0.05, 0.1) is 18.4 Å². The lowest BCUT2D eigenvalue weighted by Gasteiger charge is -2.07. The van der Waals surface area contributed by atoms with Gasteiger partial charge in [-0.05, 0) is 18.2 Å². The van der Waals surface area contributed by atoms with E-state index in [-0.39, 0.29) is 17.4 Å². The van der Waals surface area contributed by atoms with Gasteiger partial charge in [-0.15, -0.1) is 0 Å². The highest BCUT2D eigenvalue weighted by molar-refractivity contribution is 5.81. The van der Waals surface area contributed by atoms with Crippen molar-refractivity contribution in [3.63, 3.8) is 0 Å². The molecule has 0 saturated heterocycles. The summed E-state index contributed by atoms with van der Waals surface area (Å²) in [5.74, 6) is -0.136. The zero-order chi connectivity index (χ0) is 15.0. The van der Waals surface area contributed by atoms with Gasteiger partial charge < -0.3 is 10.5 Å². The van der Waals surface area contributed by atoms with E-state index in [9.17, 15) is 4.39 Å². The molecule has 0 saturated carbocycles. The summed E-state index contributed by atoms with van der Waals surface area (Å²) < 4.78 is 19.8. The number of rotatable bonds is 2. The second-order valence-corrected chi connectivity index (χ2v) is 4.13. The molecule has 8 heteroatoms. The summed E-state index contributed by atoms with van der Waals surface area (Å²) in [6.45, 7) is 0. The Kier molecular flexibility index (Phi) is 2.88. The summed E-state index contributed by atoms with van der Waals surface area (Å²) in [5.41, 5.74) is 7.15. The zero-order valence-corrected chi connectivity index (χ0v) is 10.9. The fourth-order valence-corrected chi connectivity index (χ4v) is 2.07. The molecule has 0 aliphatic rings. The maximum Gasteiger partial charge on any atom is 0.245 e. The molecule has 2 aromatic heterocycles. The summed E-state index contributed by atoms with van der Waals surface area (Å²) in [7, 11) is 1.45. The molecule has 0 aliphatic carbocycles. The Morgan fingerprint density at radius 1 is 1.38 bits per heavy atom. The highest BCUT2D eigenvalue weighted by Gasteiger charge is 2.18. The second kappa shape index (κ2) is 4.72. The van der Waals surface area contributed by atoms with E-state index < -0.39 is 5.82 Å². The van der Waals surface area contributed by atoms with Crippen molar-refractivity contribution in [2.75, 3.05) is 12.8 Å². The lowest BCUT2D eigenvalue weighted by Crippen LogP contribution is -2.04. The number of imidazole rings is 1. The standard InChI is InChI=1S/C13H9FN6O/c1-21-12-10-11(17-6-18-12)20(13(16)19-10)9-3-2-8(14)4-7(9)5-15/h2-4,6H,1H3,(H2,16,19). The van der Waals surface area contributed by atoms with Gasteiger partial charge in [0.1, 0.15) is 18.2 Å². The molecule has 0 unspecified atom stereocenters. The molecule has 21 heavy (non-hydrogen) atoms. The molecular weight excluding hydrogens is 275 g/mol. The van der Waals surface area contributed by atoms with Gasteiger partial charge in [0.15, 0.2) is 11.2 Å². The second-order valence-electron chi connectivity index (χ2n) is 4.13. The summed E-state index contributed by atoms with van der Waals surface area (Å²) in [5, 5.41) is 9.16. The normalized spacial score (nSPS) is 10.5. The first-order valence-corrected chi connectivity index (χ1v) is 5.88. The number of nitriles is 1. The first kappa shape index (κ1) is 12.8. The van der Waals surface area contributed by atoms with E-state index in [0.29, 0.717) is 16.9 Å². The third-order valence-corrected chi connectivity index (χ3v) is 2.95. The SMILES string of the molecule is COc1ncnc2c1nc(N)n2-c1ccc(F)cc1C#N. The van der Waals surface area contributed by atoms with E-state index in [0.717, 1.165) is 6.07 Å². The van der Waals surface area contributed by atoms with E-state index in [1.165, 1.54) is 30.1 Å². The molecule has 104 valence electrons. The van der Waals surface area contributed by atoms with Crippen LogP contribution in [0.4, 0.5) is 10.3 Å². The Morgan fingerprint density at radius 2 is 2.19 bits per heavy atom. The Morgan fingerprint density at radius 3 is 2.90 bits per heavy atom. The van der Waals surface area contributed by atoms with Crippen molar-refractivity contribution in [1.82, 2.24) is 19.5 Å². The van der Waals surface area contributed by atoms with Gasteiger partial charge in [0, 0.05) is 0 Å². The first-order chi connectivity index (χ1) is 10.2. The number of nitrogens with zero attached hydrogens (tertiary/aromatic N) is 5. The average molecular weight is 284 g/mol. The number of fused-ring (bicyclic) bond motifs is 1. The van der Waals surface area contributed by atoms with Crippen molar-refractivity contribution in [3.05, 3.63) is 35.9 Å². The number of nitrogen functional groups attached to an aromatic ring is 1. The van der Waals surface area contributed by atoms with Crippen molar-refractivity contribution in [2.24, 2.45) is 0 Å². The summed E-state index contributed by atoms with van der Waals surface area (Å²) >= 11 is 0. The highest BCUT2D eigenvalue weighted by atomic mass is 19.1. The lowest BCUT2D eigenvalue weighted by molar-refractivity contribution is 0.401. The molecule has 2 heterocycles. The number of halogens is 1. The minimum absolute atomic E-state index is 0.104. The summed E-state index contributed by atoms with van der Waals surface area (Å²) in [6, 6.07) is 5.73. The van der Waals surface area contributed by atoms with Gasteiger partial charge in [-0.1, -0.05) is 0 Å². The monoisotopic (exact) mass is 284 g/mol. The molecule has 0 atom stereocenters. The van der Waals surface area contributed by atoms with Crippen LogP contribution in [0.3, 0.4) is 0 Å². The molecule has 0 fully saturated rings. The predicted octanol–water partition coefficient (Wildman–Crippen LogP) is 1.42. The molecule has 0 spiro atoms. The molecule has 1 aromatic carbocycles. The van der Waals surface area contributed by atoms with Crippen molar-refractivity contribution in [3.8, 4) is 17.6 Å². The number of hydrogen-bond acceptors (Lipinski definition) is 6. The molecule has 0 bridgehead atoms. The molecule has 0 aliphatic heterocycles. The van der Waals surface area contributed by atoms with Gasteiger partial charge in [0.2, 0.25) is 11.8 Å². The lowest BCUT2D eigenvalue weighted by atomic mass is 10.2. The number of aromatic nitrogens is 4. The van der Waals surface area contributed by atoms with E-state index in [1.54, 1.807) is 0 Å². The third-order valence-electron chi connectivity index (χ3n) is 2.95. The number of nitrogens with two attached hydrogens (primary N) is 1. The van der Waals surface area contributed by atoms with Gasteiger partial charge in [-0.2, -0.15) is 10.2 Å². The van der Waals surface area contributed by atoms with Gasteiger partial charge in [-0.3, -0.25) is 4.57 Å². The largest absolute Gasteiger partial charge is 0.479 e. The van der Waals surface area contributed by atoms with Crippen LogP contribution in [0.25, 0.3) is 16.9 Å². The Bertz CT molecular complexity index is 882. The van der Waals surface area contributed by atoms with Crippen LogP contribution < -0.4 is 10.5 Å². The highest BCUT2D eigenvalue weighted by Crippen LogP contribution is 2.27. The van der Waals surface area contributed by atoms with E-state index in [1.807, 2.05) is 6.07 Å². The maximum atomic E-state index is 13.3. The van der Waals surface area contributed by atoms with Crippen molar-refractivity contribution in [1.29, 1.82) is 5.26 Å². The topological polar surface area (TPSA) is 103 Å². The van der Waals surface area contributed by atoms with Crippen LogP contribution in [0.2, 0.25) is 0 Å². The molecule has 3 aromatic rings. The van der Waals surface area contributed by atoms with Crippen molar-refractivity contribution in [2.45, 2.75) is 0 Å². The van der Waals surface area contributed by atoms with Crippen LogP contribution in [-0.4, -0.2) is 26.6 Å². The number of methoxy groups -OCH3 is 1. The van der Waals surface area contributed by atoms with Gasteiger partial charge in [-0.25, -0.2) is 14.4 Å². The van der Waals surface area contributed by atoms with Gasteiger partial charge in [0.25, 0.3) is 0 Å². The zero-order valence-electron chi connectivity index (χ0n) is 10.9. The number of anilines is 1. The molecule has 0 radical (unpaired) electrons. The van der Waals surface area contributed by atoms with E-state index >= 15 is 0 Å². The number of benzene rings is 1. The molecule has 3 rings (SSSR count). The van der Waals surface area contributed by atoms with E-state index in [2.05, 4.69) is 15.0 Å². The van der Waals surface area contributed by atoms with Crippen molar-refractivity contribution < 1.29 is 9.13 Å². The number of hydrogen-bond donors (Lipinski definition) is 1. The molecule has 2 N–H and O–H groups in total. The fourth-order valence-electron chi connectivity index (χ4n) is 2.07. The predicted molar refractivity (Wildman–Crippen MR) is 72.3 cm³/mol. The number of ether oxygens (including phenoxy) is 1. The minimum atomic E-state index is -0.509. The van der Waals surface area contributed by atoms with Crippen LogP contribution in [0.5, 0.6) is 5.88 Å². The third kappa shape index (κ3) is 1.92. The Hall–Kier alpha value is -3.21. The van der Waals surface area contributed by atoms with Crippen LogP contribution >= 0.6 is 0 Å². The fraction of sp³-hybridized carbons (Fsp3) is 0.0769.